The monoisotopic (exact) mass is 308 g/mol. The summed E-state index contributed by atoms with van der Waals surface area (Å²) < 4.78 is 37.8. The number of hydrogen-bond donors (Lipinski definition) is 2. The van der Waals surface area contributed by atoms with Gasteiger partial charge in [0.1, 0.15) is 0 Å². The highest BCUT2D eigenvalue weighted by atomic mass is 35.5. The highest BCUT2D eigenvalue weighted by Crippen LogP contribution is 2.33. The van der Waals surface area contributed by atoms with Crippen LogP contribution in [0.3, 0.4) is 0 Å². The van der Waals surface area contributed by atoms with Gasteiger partial charge in [-0.3, -0.25) is 4.79 Å². The molecule has 0 aliphatic heterocycles. The molecule has 0 saturated heterocycles. The zero-order chi connectivity index (χ0) is 15.6. The first-order valence-electron chi connectivity index (χ1n) is 5.94. The maximum absolute atomic E-state index is 12.6. The van der Waals surface area contributed by atoms with Crippen molar-refractivity contribution >= 4 is 23.2 Å². The minimum atomic E-state index is -4.51. The minimum absolute atomic E-state index is 0.0182. The van der Waals surface area contributed by atoms with Crippen LogP contribution in [-0.4, -0.2) is 11.4 Å². The van der Waals surface area contributed by atoms with Crippen molar-refractivity contribution in [2.75, 3.05) is 5.32 Å². The Morgan fingerprint density at radius 3 is 2.40 bits per heavy atom. The van der Waals surface area contributed by atoms with Crippen LogP contribution in [0.15, 0.2) is 18.2 Å². The Bertz CT molecular complexity index is 495. The predicted molar refractivity (Wildman–Crippen MR) is 72.6 cm³/mol. The lowest BCUT2D eigenvalue weighted by molar-refractivity contribution is -0.137. The van der Waals surface area contributed by atoms with Gasteiger partial charge in [0.2, 0.25) is 5.91 Å². The van der Waals surface area contributed by atoms with Crippen LogP contribution in [-0.2, 0) is 11.0 Å². The second-order valence-electron chi connectivity index (χ2n) is 5.26. The van der Waals surface area contributed by atoms with Gasteiger partial charge in [0.15, 0.2) is 0 Å². The number of amides is 1. The molecule has 112 valence electrons. The molecule has 0 aromatic heterocycles. The summed E-state index contributed by atoms with van der Waals surface area (Å²) in [6.45, 7) is 3.53. The third-order valence-corrected chi connectivity index (χ3v) is 2.72. The van der Waals surface area contributed by atoms with Crippen molar-refractivity contribution in [2.45, 2.75) is 38.4 Å². The molecule has 1 rings (SSSR count). The molecule has 0 fully saturated rings. The average Bonchev–Trinajstić information content (AvgIpc) is 2.23. The summed E-state index contributed by atoms with van der Waals surface area (Å²) >= 11 is 5.62. The number of hydrogen-bond acceptors (Lipinski definition) is 2. The van der Waals surface area contributed by atoms with Crippen LogP contribution in [0.5, 0.6) is 0 Å². The van der Waals surface area contributed by atoms with Gasteiger partial charge in [0.25, 0.3) is 0 Å². The lowest BCUT2D eigenvalue weighted by Gasteiger charge is -2.17. The fourth-order valence-electron chi connectivity index (χ4n) is 1.48. The minimum Gasteiger partial charge on any atom is -0.326 e. The molecular formula is C13H16ClF3N2O. The Morgan fingerprint density at radius 2 is 1.90 bits per heavy atom. The molecular weight excluding hydrogens is 293 g/mol. The number of nitrogens with two attached hydrogens (primary N) is 1. The molecule has 0 unspecified atom stereocenters. The molecule has 1 aromatic carbocycles. The molecule has 0 aliphatic rings. The number of benzene rings is 1. The summed E-state index contributed by atoms with van der Waals surface area (Å²) in [7, 11) is 0. The van der Waals surface area contributed by atoms with Crippen LogP contribution in [0.25, 0.3) is 0 Å². The van der Waals surface area contributed by atoms with Crippen LogP contribution in [0.1, 0.15) is 32.3 Å². The number of alkyl halides is 3. The number of anilines is 1. The summed E-state index contributed by atoms with van der Waals surface area (Å²) in [5, 5.41) is 2.30. The van der Waals surface area contributed by atoms with Crippen LogP contribution >= 0.6 is 11.6 Å². The van der Waals surface area contributed by atoms with Crippen LogP contribution in [0.4, 0.5) is 18.9 Å². The maximum Gasteiger partial charge on any atom is 0.416 e. The Balaban J connectivity index is 2.78. The molecule has 0 radical (unpaired) electrons. The van der Waals surface area contributed by atoms with Gasteiger partial charge < -0.3 is 11.1 Å². The van der Waals surface area contributed by atoms with E-state index in [0.29, 0.717) is 6.42 Å². The summed E-state index contributed by atoms with van der Waals surface area (Å²) in [6.07, 6.45) is -3.97. The van der Waals surface area contributed by atoms with Gasteiger partial charge in [-0.1, -0.05) is 11.6 Å². The van der Waals surface area contributed by atoms with Crippen molar-refractivity contribution in [3.8, 4) is 0 Å². The average molecular weight is 309 g/mol. The lowest BCUT2D eigenvalue weighted by atomic mass is 10.00. The van der Waals surface area contributed by atoms with E-state index in [1.807, 2.05) is 0 Å². The van der Waals surface area contributed by atoms with E-state index in [2.05, 4.69) is 5.32 Å². The van der Waals surface area contributed by atoms with Crippen molar-refractivity contribution in [1.82, 2.24) is 0 Å². The Labute approximate surface area is 120 Å². The third kappa shape index (κ3) is 5.79. The number of rotatable bonds is 4. The highest BCUT2D eigenvalue weighted by Gasteiger charge is 2.31. The van der Waals surface area contributed by atoms with Crippen LogP contribution in [0.2, 0.25) is 5.02 Å². The van der Waals surface area contributed by atoms with E-state index in [1.54, 1.807) is 13.8 Å². The fourth-order valence-corrected chi connectivity index (χ4v) is 1.72. The van der Waals surface area contributed by atoms with Crippen LogP contribution < -0.4 is 11.1 Å². The Morgan fingerprint density at radius 1 is 1.30 bits per heavy atom. The standard InChI is InChI=1S/C13H16ClF3N2O/c1-12(2,18)4-3-11(20)19-10-6-8(13(15,16)17)5-9(14)7-10/h5-7H,3-4,18H2,1-2H3,(H,19,20). The SMILES string of the molecule is CC(C)(N)CCC(=O)Nc1cc(Cl)cc(C(F)(F)F)c1. The van der Waals surface area contributed by atoms with Gasteiger partial charge >= 0.3 is 6.18 Å². The van der Waals surface area contributed by atoms with Crippen molar-refractivity contribution in [3.63, 3.8) is 0 Å². The van der Waals surface area contributed by atoms with E-state index >= 15 is 0 Å². The van der Waals surface area contributed by atoms with E-state index in [1.165, 1.54) is 6.07 Å². The summed E-state index contributed by atoms with van der Waals surface area (Å²) in [5.41, 5.74) is 4.34. The first kappa shape index (κ1) is 16.8. The number of halogens is 4. The molecule has 3 nitrogen and oxygen atoms in total. The molecule has 0 heterocycles. The molecule has 0 spiro atoms. The molecule has 20 heavy (non-hydrogen) atoms. The maximum atomic E-state index is 12.6. The smallest absolute Gasteiger partial charge is 0.326 e. The van der Waals surface area contributed by atoms with E-state index in [-0.39, 0.29) is 17.1 Å². The van der Waals surface area contributed by atoms with Crippen molar-refractivity contribution in [3.05, 3.63) is 28.8 Å². The Hall–Kier alpha value is -1.27. The van der Waals surface area contributed by atoms with Crippen LogP contribution in [0, 0.1) is 0 Å². The van der Waals surface area contributed by atoms with Crippen molar-refractivity contribution in [1.29, 1.82) is 0 Å². The summed E-state index contributed by atoms with van der Waals surface area (Å²) in [5.74, 6) is -0.404. The molecule has 7 heteroatoms. The molecule has 0 aliphatic carbocycles. The normalized spacial score (nSPS) is 12.3. The zero-order valence-electron chi connectivity index (χ0n) is 11.1. The van der Waals surface area contributed by atoms with Gasteiger partial charge in [0.05, 0.1) is 5.56 Å². The van der Waals surface area contributed by atoms with E-state index < -0.39 is 23.2 Å². The quantitative estimate of drug-likeness (QED) is 0.888. The highest BCUT2D eigenvalue weighted by molar-refractivity contribution is 6.31. The summed E-state index contributed by atoms with van der Waals surface area (Å²) in [4.78, 5) is 11.6. The predicted octanol–water partition coefficient (Wildman–Crippen LogP) is 3.81. The molecule has 0 saturated carbocycles. The van der Waals surface area contributed by atoms with Gasteiger partial charge in [-0.25, -0.2) is 0 Å². The topological polar surface area (TPSA) is 55.1 Å². The molecule has 0 bridgehead atoms. The first-order valence-corrected chi connectivity index (χ1v) is 6.32. The van der Waals surface area contributed by atoms with Crippen molar-refractivity contribution < 1.29 is 18.0 Å². The van der Waals surface area contributed by atoms with E-state index in [0.717, 1.165) is 12.1 Å². The zero-order valence-corrected chi connectivity index (χ0v) is 11.9. The second-order valence-corrected chi connectivity index (χ2v) is 5.70. The fraction of sp³-hybridized carbons (Fsp3) is 0.462. The third-order valence-electron chi connectivity index (χ3n) is 2.51. The first-order chi connectivity index (χ1) is 8.97. The second kappa shape index (κ2) is 6.01. The van der Waals surface area contributed by atoms with Gasteiger partial charge in [-0.15, -0.1) is 0 Å². The number of carbonyl (C=O) groups is 1. The van der Waals surface area contributed by atoms with E-state index in [9.17, 15) is 18.0 Å². The molecule has 3 N–H and O–H groups in total. The van der Waals surface area contributed by atoms with E-state index in [4.69, 9.17) is 17.3 Å². The largest absolute Gasteiger partial charge is 0.416 e. The van der Waals surface area contributed by atoms with Gasteiger partial charge in [-0.05, 0) is 38.5 Å². The lowest BCUT2D eigenvalue weighted by Crippen LogP contribution is -2.33. The molecule has 0 atom stereocenters. The number of nitrogens with one attached hydrogen (secondary N) is 1. The Kier molecular flexibility index (Phi) is 5.05. The van der Waals surface area contributed by atoms with Gasteiger partial charge in [-0.2, -0.15) is 13.2 Å². The van der Waals surface area contributed by atoms with Crippen molar-refractivity contribution in [2.24, 2.45) is 5.73 Å². The molecule has 1 amide bonds. The summed E-state index contributed by atoms with van der Waals surface area (Å²) in [6, 6.07) is 2.92. The van der Waals surface area contributed by atoms with Gasteiger partial charge in [0, 0.05) is 22.7 Å². The number of carbonyl (C=O) groups excluding carboxylic acids is 1. The molecule has 1 aromatic rings.